The lowest BCUT2D eigenvalue weighted by atomic mass is 9.79. The molecule has 21 heavy (non-hydrogen) atoms. The van der Waals surface area contributed by atoms with Crippen molar-refractivity contribution in [1.29, 1.82) is 0 Å². The molecule has 0 fully saturated rings. The summed E-state index contributed by atoms with van der Waals surface area (Å²) in [6.45, 7) is 11.2. The zero-order valence-electron chi connectivity index (χ0n) is 13.8. The molecule has 0 unspecified atom stereocenters. The third-order valence-electron chi connectivity index (χ3n) is 4.25. The van der Waals surface area contributed by atoms with Gasteiger partial charge in [-0.25, -0.2) is 4.98 Å². The van der Waals surface area contributed by atoms with E-state index in [2.05, 4.69) is 44.9 Å². The van der Waals surface area contributed by atoms with Crippen LogP contribution in [0.1, 0.15) is 69.2 Å². The van der Waals surface area contributed by atoms with Crippen molar-refractivity contribution in [1.82, 2.24) is 10.3 Å². The third-order valence-corrected chi connectivity index (χ3v) is 5.08. The van der Waals surface area contributed by atoms with Crippen LogP contribution in [0.3, 0.4) is 0 Å². The van der Waals surface area contributed by atoms with E-state index in [1.54, 1.807) is 5.51 Å². The predicted octanol–water partition coefficient (Wildman–Crippen LogP) is 3.36. The standard InChI is InChI=1S/C16H28N2O2S/c1-6-16(7-2,8-9-19)10-17-14(20)12-13(15(3,4)5)18-11-21-12/h11,19H,6-10H2,1-5H3,(H,17,20). The smallest absolute Gasteiger partial charge is 0.263 e. The molecule has 0 aliphatic carbocycles. The molecule has 0 aliphatic heterocycles. The quantitative estimate of drug-likeness (QED) is 0.811. The van der Waals surface area contributed by atoms with Gasteiger partial charge in [0.2, 0.25) is 0 Å². The van der Waals surface area contributed by atoms with Crippen molar-refractivity contribution in [3.05, 3.63) is 16.1 Å². The van der Waals surface area contributed by atoms with E-state index in [0.29, 0.717) is 11.4 Å². The first-order valence-electron chi connectivity index (χ1n) is 7.62. The SMILES string of the molecule is CCC(CC)(CCO)CNC(=O)c1scnc1C(C)(C)C. The van der Waals surface area contributed by atoms with E-state index < -0.39 is 0 Å². The summed E-state index contributed by atoms with van der Waals surface area (Å²) in [5.74, 6) is -0.0494. The molecular weight excluding hydrogens is 284 g/mol. The number of amides is 1. The highest BCUT2D eigenvalue weighted by Gasteiger charge is 2.29. The number of hydrogen-bond donors (Lipinski definition) is 2. The number of aromatic nitrogens is 1. The van der Waals surface area contributed by atoms with Crippen LogP contribution in [-0.4, -0.2) is 29.1 Å². The van der Waals surface area contributed by atoms with Crippen molar-refractivity contribution in [3.8, 4) is 0 Å². The van der Waals surface area contributed by atoms with Crippen molar-refractivity contribution >= 4 is 17.2 Å². The molecule has 120 valence electrons. The third kappa shape index (κ3) is 4.51. The maximum absolute atomic E-state index is 12.5. The van der Waals surface area contributed by atoms with Crippen LogP contribution in [0.15, 0.2) is 5.51 Å². The maximum Gasteiger partial charge on any atom is 0.263 e. The molecule has 0 saturated heterocycles. The van der Waals surface area contributed by atoms with Crippen LogP contribution in [0.5, 0.6) is 0 Å². The summed E-state index contributed by atoms with van der Waals surface area (Å²) in [5, 5.41) is 12.3. The minimum absolute atomic E-state index is 0.0169. The fourth-order valence-electron chi connectivity index (χ4n) is 2.47. The molecule has 5 heteroatoms. The lowest BCUT2D eigenvalue weighted by Crippen LogP contribution is -2.38. The van der Waals surface area contributed by atoms with Crippen molar-refractivity contribution in [2.75, 3.05) is 13.2 Å². The molecule has 4 nitrogen and oxygen atoms in total. The van der Waals surface area contributed by atoms with Gasteiger partial charge in [0.15, 0.2) is 0 Å². The fraction of sp³-hybridized carbons (Fsp3) is 0.750. The Labute approximate surface area is 132 Å². The minimum atomic E-state index is -0.135. The fourth-order valence-corrected chi connectivity index (χ4v) is 3.38. The van der Waals surface area contributed by atoms with Gasteiger partial charge in [-0.15, -0.1) is 11.3 Å². The molecular formula is C16H28N2O2S. The van der Waals surface area contributed by atoms with Gasteiger partial charge >= 0.3 is 0 Å². The Morgan fingerprint density at radius 3 is 2.43 bits per heavy atom. The van der Waals surface area contributed by atoms with Crippen molar-refractivity contribution in [2.45, 2.75) is 59.3 Å². The highest BCUT2D eigenvalue weighted by Crippen LogP contribution is 2.30. The van der Waals surface area contributed by atoms with Gasteiger partial charge in [-0.05, 0) is 24.7 Å². The Balaban J connectivity index is 2.80. The minimum Gasteiger partial charge on any atom is -0.396 e. The van der Waals surface area contributed by atoms with Crippen molar-refractivity contribution < 1.29 is 9.90 Å². The average molecular weight is 312 g/mol. The number of carbonyl (C=O) groups is 1. The monoisotopic (exact) mass is 312 g/mol. The Bertz CT molecular complexity index is 459. The molecule has 1 aromatic rings. The Morgan fingerprint density at radius 1 is 1.33 bits per heavy atom. The van der Waals surface area contributed by atoms with E-state index in [1.165, 1.54) is 11.3 Å². The van der Waals surface area contributed by atoms with E-state index in [4.69, 9.17) is 0 Å². The van der Waals surface area contributed by atoms with Crippen LogP contribution in [-0.2, 0) is 5.41 Å². The molecule has 1 heterocycles. The van der Waals surface area contributed by atoms with Gasteiger partial charge in [0.25, 0.3) is 5.91 Å². The number of nitrogens with zero attached hydrogens (tertiary/aromatic N) is 1. The van der Waals surface area contributed by atoms with Crippen molar-refractivity contribution in [3.63, 3.8) is 0 Å². The second kappa shape index (κ2) is 7.36. The van der Waals surface area contributed by atoms with Crippen LogP contribution in [0.2, 0.25) is 0 Å². The first kappa shape index (κ1) is 18.1. The van der Waals surface area contributed by atoms with Gasteiger partial charge in [-0.3, -0.25) is 4.79 Å². The van der Waals surface area contributed by atoms with E-state index in [0.717, 1.165) is 25.0 Å². The zero-order valence-corrected chi connectivity index (χ0v) is 14.6. The lowest BCUT2D eigenvalue weighted by Gasteiger charge is -2.31. The molecule has 0 bridgehead atoms. The molecule has 1 rings (SSSR count). The van der Waals surface area contributed by atoms with Gasteiger partial charge in [0, 0.05) is 18.6 Å². The molecule has 1 aromatic heterocycles. The molecule has 0 saturated carbocycles. The van der Waals surface area contributed by atoms with E-state index in [1.807, 2.05) is 0 Å². The number of hydrogen-bond acceptors (Lipinski definition) is 4. The first-order valence-corrected chi connectivity index (χ1v) is 8.50. The highest BCUT2D eigenvalue weighted by molar-refractivity contribution is 7.11. The molecule has 1 amide bonds. The topological polar surface area (TPSA) is 62.2 Å². The summed E-state index contributed by atoms with van der Waals surface area (Å²) in [6, 6.07) is 0. The van der Waals surface area contributed by atoms with Crippen LogP contribution in [0, 0.1) is 5.41 Å². The number of rotatable bonds is 7. The number of thiazole rings is 1. The number of aliphatic hydroxyl groups is 1. The second-order valence-corrected chi connectivity index (χ2v) is 7.50. The van der Waals surface area contributed by atoms with Crippen LogP contribution >= 0.6 is 11.3 Å². The highest BCUT2D eigenvalue weighted by atomic mass is 32.1. The van der Waals surface area contributed by atoms with Gasteiger partial charge in [-0.2, -0.15) is 0 Å². The van der Waals surface area contributed by atoms with E-state index in [9.17, 15) is 9.90 Å². The Morgan fingerprint density at radius 2 is 1.95 bits per heavy atom. The van der Waals surface area contributed by atoms with Gasteiger partial charge in [0.05, 0.1) is 11.2 Å². The van der Waals surface area contributed by atoms with E-state index >= 15 is 0 Å². The van der Waals surface area contributed by atoms with Gasteiger partial charge < -0.3 is 10.4 Å². The molecule has 0 radical (unpaired) electrons. The summed E-state index contributed by atoms with van der Waals surface area (Å²) in [5.41, 5.74) is 2.43. The van der Waals surface area contributed by atoms with Crippen molar-refractivity contribution in [2.24, 2.45) is 5.41 Å². The van der Waals surface area contributed by atoms with E-state index in [-0.39, 0.29) is 23.3 Å². The Hall–Kier alpha value is -0.940. The summed E-state index contributed by atoms with van der Waals surface area (Å²) >= 11 is 1.39. The maximum atomic E-state index is 12.5. The molecule has 2 N–H and O–H groups in total. The van der Waals surface area contributed by atoms with Gasteiger partial charge in [-0.1, -0.05) is 34.6 Å². The van der Waals surface area contributed by atoms with Crippen LogP contribution in [0.4, 0.5) is 0 Å². The van der Waals surface area contributed by atoms with Gasteiger partial charge in [0.1, 0.15) is 4.88 Å². The lowest BCUT2D eigenvalue weighted by molar-refractivity contribution is 0.0909. The molecule has 0 aromatic carbocycles. The number of nitrogens with one attached hydrogen (secondary N) is 1. The second-order valence-electron chi connectivity index (χ2n) is 6.64. The average Bonchev–Trinajstić information content (AvgIpc) is 2.93. The normalized spacial score (nSPS) is 12.5. The molecule has 0 aliphatic rings. The largest absolute Gasteiger partial charge is 0.396 e. The Kier molecular flexibility index (Phi) is 6.35. The molecule has 0 atom stereocenters. The first-order chi connectivity index (χ1) is 9.79. The summed E-state index contributed by atoms with van der Waals surface area (Å²) in [6.07, 6.45) is 2.60. The molecule has 0 spiro atoms. The summed E-state index contributed by atoms with van der Waals surface area (Å²) in [7, 11) is 0. The number of carbonyl (C=O) groups excluding carboxylic acids is 1. The van der Waals surface area contributed by atoms with Crippen LogP contribution in [0.25, 0.3) is 0 Å². The predicted molar refractivity (Wildman–Crippen MR) is 87.9 cm³/mol. The summed E-state index contributed by atoms with van der Waals surface area (Å²) in [4.78, 5) is 17.5. The van der Waals surface area contributed by atoms with Crippen LogP contribution < -0.4 is 5.32 Å². The zero-order chi connectivity index (χ0) is 16.1. The number of aliphatic hydroxyl groups excluding tert-OH is 1. The summed E-state index contributed by atoms with van der Waals surface area (Å²) < 4.78 is 0.